The highest BCUT2D eigenvalue weighted by molar-refractivity contribution is 6.31. The third-order valence-electron chi connectivity index (χ3n) is 2.91. The van der Waals surface area contributed by atoms with E-state index >= 15 is 0 Å². The van der Waals surface area contributed by atoms with E-state index in [1.165, 1.54) is 12.0 Å². The van der Waals surface area contributed by atoms with Gasteiger partial charge in [0.2, 0.25) is 5.91 Å². The van der Waals surface area contributed by atoms with Crippen molar-refractivity contribution in [1.82, 2.24) is 0 Å². The van der Waals surface area contributed by atoms with E-state index in [9.17, 15) is 9.59 Å². The number of halogens is 1. The second-order valence-corrected chi connectivity index (χ2v) is 4.50. The van der Waals surface area contributed by atoms with Gasteiger partial charge in [0.1, 0.15) is 5.75 Å². The molecule has 1 N–H and O–H groups in total. The zero-order valence-electron chi connectivity index (χ0n) is 9.72. The molecular weight excluding hydrogens is 258 g/mol. The van der Waals surface area contributed by atoms with Crippen LogP contribution in [0.3, 0.4) is 0 Å². The predicted octanol–water partition coefficient (Wildman–Crippen LogP) is 1.79. The Hall–Kier alpha value is -1.75. The summed E-state index contributed by atoms with van der Waals surface area (Å²) >= 11 is 5.89. The molecule has 5 nitrogen and oxygen atoms in total. The Labute approximate surface area is 109 Å². The summed E-state index contributed by atoms with van der Waals surface area (Å²) in [6.07, 6.45) is 0.00496. The number of aliphatic carboxylic acids is 1. The molecular formula is C12H12ClNO4. The monoisotopic (exact) mass is 269 g/mol. The number of carbonyl (C=O) groups is 2. The van der Waals surface area contributed by atoms with Crippen LogP contribution in [0.4, 0.5) is 5.69 Å². The van der Waals surface area contributed by atoms with Gasteiger partial charge in [0.25, 0.3) is 0 Å². The van der Waals surface area contributed by atoms with E-state index in [1.54, 1.807) is 18.2 Å². The number of carbonyl (C=O) groups excluding carboxylic acids is 1. The molecule has 0 spiro atoms. The van der Waals surface area contributed by atoms with Gasteiger partial charge >= 0.3 is 5.97 Å². The Morgan fingerprint density at radius 3 is 2.83 bits per heavy atom. The number of methoxy groups -OCH3 is 1. The van der Waals surface area contributed by atoms with E-state index in [0.717, 1.165) is 0 Å². The van der Waals surface area contributed by atoms with Crippen LogP contribution in [0.2, 0.25) is 5.02 Å². The average Bonchev–Trinajstić information content (AvgIpc) is 2.71. The predicted molar refractivity (Wildman–Crippen MR) is 66.1 cm³/mol. The van der Waals surface area contributed by atoms with Crippen LogP contribution in [0, 0.1) is 5.92 Å². The molecule has 1 heterocycles. The van der Waals surface area contributed by atoms with Crippen LogP contribution in [0.25, 0.3) is 0 Å². The topological polar surface area (TPSA) is 66.8 Å². The summed E-state index contributed by atoms with van der Waals surface area (Å²) in [6.45, 7) is 0.144. The van der Waals surface area contributed by atoms with Crippen molar-refractivity contribution in [3.63, 3.8) is 0 Å². The lowest BCUT2D eigenvalue weighted by Gasteiger charge is -2.19. The second-order valence-electron chi connectivity index (χ2n) is 4.06. The molecule has 1 amide bonds. The van der Waals surface area contributed by atoms with Crippen molar-refractivity contribution >= 4 is 29.2 Å². The summed E-state index contributed by atoms with van der Waals surface area (Å²) in [5, 5.41) is 9.41. The van der Waals surface area contributed by atoms with Gasteiger partial charge in [-0.15, -0.1) is 0 Å². The van der Waals surface area contributed by atoms with E-state index in [1.807, 2.05) is 0 Å². The van der Waals surface area contributed by atoms with Gasteiger partial charge in [-0.3, -0.25) is 9.59 Å². The molecule has 1 aromatic rings. The molecule has 1 aromatic carbocycles. The summed E-state index contributed by atoms with van der Waals surface area (Å²) in [6, 6.07) is 4.90. The Kier molecular flexibility index (Phi) is 3.43. The maximum Gasteiger partial charge on any atom is 0.308 e. The van der Waals surface area contributed by atoms with E-state index in [2.05, 4.69) is 0 Å². The van der Waals surface area contributed by atoms with Gasteiger partial charge in [-0.2, -0.15) is 0 Å². The molecule has 0 aromatic heterocycles. The van der Waals surface area contributed by atoms with Gasteiger partial charge in [-0.1, -0.05) is 11.6 Å². The van der Waals surface area contributed by atoms with Crippen molar-refractivity contribution in [2.45, 2.75) is 6.42 Å². The number of hydrogen-bond donors (Lipinski definition) is 1. The number of carboxylic acid groups (broad SMARTS) is 1. The van der Waals surface area contributed by atoms with Gasteiger partial charge in [0, 0.05) is 18.0 Å². The summed E-state index contributed by atoms with van der Waals surface area (Å²) in [7, 11) is 1.49. The van der Waals surface area contributed by atoms with Crippen molar-refractivity contribution in [3.05, 3.63) is 23.2 Å². The minimum atomic E-state index is -0.966. The van der Waals surface area contributed by atoms with Crippen molar-refractivity contribution < 1.29 is 19.4 Å². The van der Waals surface area contributed by atoms with Crippen LogP contribution >= 0.6 is 11.6 Å². The number of benzene rings is 1. The van der Waals surface area contributed by atoms with Crippen LogP contribution in [-0.2, 0) is 9.59 Å². The van der Waals surface area contributed by atoms with E-state index < -0.39 is 11.9 Å². The van der Waals surface area contributed by atoms with Gasteiger partial charge in [-0.05, 0) is 18.2 Å². The van der Waals surface area contributed by atoms with Crippen molar-refractivity contribution in [2.24, 2.45) is 5.92 Å². The van der Waals surface area contributed by atoms with Crippen LogP contribution in [0.15, 0.2) is 18.2 Å². The maximum atomic E-state index is 11.8. The molecule has 1 unspecified atom stereocenters. The first-order valence-electron chi connectivity index (χ1n) is 5.39. The number of amides is 1. The fourth-order valence-corrected chi connectivity index (χ4v) is 2.15. The average molecular weight is 270 g/mol. The molecule has 1 aliphatic heterocycles. The first-order chi connectivity index (χ1) is 8.52. The van der Waals surface area contributed by atoms with Gasteiger partial charge in [0.15, 0.2) is 0 Å². The van der Waals surface area contributed by atoms with E-state index in [0.29, 0.717) is 16.5 Å². The van der Waals surface area contributed by atoms with Crippen LogP contribution in [0.1, 0.15) is 6.42 Å². The first-order valence-corrected chi connectivity index (χ1v) is 5.77. The molecule has 2 rings (SSSR count). The molecule has 1 fully saturated rings. The summed E-state index contributed by atoms with van der Waals surface area (Å²) < 4.78 is 5.16. The van der Waals surface area contributed by atoms with E-state index in [-0.39, 0.29) is 18.9 Å². The quantitative estimate of drug-likeness (QED) is 0.908. The largest absolute Gasteiger partial charge is 0.495 e. The fourth-order valence-electron chi connectivity index (χ4n) is 1.98. The number of carboxylic acids is 1. The van der Waals surface area contributed by atoms with Gasteiger partial charge < -0.3 is 14.7 Å². The molecule has 0 saturated carbocycles. The summed E-state index contributed by atoms with van der Waals surface area (Å²) in [5.74, 6) is -1.38. The zero-order valence-corrected chi connectivity index (χ0v) is 10.5. The third kappa shape index (κ3) is 2.26. The Morgan fingerprint density at radius 1 is 1.56 bits per heavy atom. The molecule has 0 bridgehead atoms. The van der Waals surface area contributed by atoms with Crippen molar-refractivity contribution in [2.75, 3.05) is 18.6 Å². The highest BCUT2D eigenvalue weighted by atomic mass is 35.5. The Bertz CT molecular complexity index is 503. The highest BCUT2D eigenvalue weighted by Crippen LogP contribution is 2.35. The Balaban J connectivity index is 2.34. The number of anilines is 1. The molecule has 6 heteroatoms. The normalized spacial score (nSPS) is 19.1. The molecule has 1 saturated heterocycles. The lowest BCUT2D eigenvalue weighted by molar-refractivity contribution is -0.141. The molecule has 1 aliphatic rings. The van der Waals surface area contributed by atoms with Gasteiger partial charge in [-0.25, -0.2) is 0 Å². The summed E-state index contributed by atoms with van der Waals surface area (Å²) in [4.78, 5) is 24.1. The SMILES string of the molecule is COc1ccc(Cl)cc1N1CC(C(=O)O)CC1=O. The van der Waals surface area contributed by atoms with Gasteiger partial charge in [0.05, 0.1) is 18.7 Å². The number of hydrogen-bond acceptors (Lipinski definition) is 3. The lowest BCUT2D eigenvalue weighted by atomic mass is 10.1. The smallest absolute Gasteiger partial charge is 0.308 e. The highest BCUT2D eigenvalue weighted by Gasteiger charge is 2.36. The lowest BCUT2D eigenvalue weighted by Crippen LogP contribution is -2.26. The van der Waals surface area contributed by atoms with E-state index in [4.69, 9.17) is 21.4 Å². The van der Waals surface area contributed by atoms with Crippen LogP contribution in [-0.4, -0.2) is 30.6 Å². The molecule has 96 valence electrons. The minimum absolute atomic E-state index is 0.00496. The van der Waals surface area contributed by atoms with Crippen LogP contribution in [0.5, 0.6) is 5.75 Å². The van der Waals surface area contributed by atoms with Crippen molar-refractivity contribution in [3.8, 4) is 5.75 Å². The number of ether oxygens (including phenoxy) is 1. The molecule has 0 aliphatic carbocycles. The minimum Gasteiger partial charge on any atom is -0.495 e. The van der Waals surface area contributed by atoms with Crippen molar-refractivity contribution in [1.29, 1.82) is 0 Å². The molecule has 1 atom stereocenters. The first kappa shape index (κ1) is 12.7. The second kappa shape index (κ2) is 4.86. The Morgan fingerprint density at radius 2 is 2.28 bits per heavy atom. The standard InChI is InChI=1S/C12H12ClNO4/c1-18-10-3-2-8(13)5-9(10)14-6-7(12(16)17)4-11(14)15/h2-3,5,7H,4,6H2,1H3,(H,16,17). The van der Waals surface area contributed by atoms with Crippen LogP contribution < -0.4 is 9.64 Å². The zero-order chi connectivity index (χ0) is 13.3. The molecule has 0 radical (unpaired) electrons. The maximum absolute atomic E-state index is 11.8. The number of nitrogens with zero attached hydrogens (tertiary/aromatic N) is 1. The number of rotatable bonds is 3. The third-order valence-corrected chi connectivity index (χ3v) is 3.14. The fraction of sp³-hybridized carbons (Fsp3) is 0.333. The summed E-state index contributed by atoms with van der Waals surface area (Å²) in [5.41, 5.74) is 0.513. The molecule has 18 heavy (non-hydrogen) atoms.